The minimum Gasteiger partial charge on any atom is -0.381 e. The van der Waals surface area contributed by atoms with Crippen LogP contribution < -0.4 is 5.32 Å². The van der Waals surface area contributed by atoms with E-state index in [1.807, 2.05) is 0 Å². The fourth-order valence-corrected chi connectivity index (χ4v) is 6.13. The van der Waals surface area contributed by atoms with Gasteiger partial charge in [0, 0.05) is 38.2 Å². The molecule has 3 rings (SSSR count). The Morgan fingerprint density at radius 2 is 2.21 bits per heavy atom. The van der Waals surface area contributed by atoms with Gasteiger partial charge in [0.05, 0.1) is 18.1 Å². The van der Waals surface area contributed by atoms with Gasteiger partial charge < -0.3 is 15.0 Å². The van der Waals surface area contributed by atoms with Crippen LogP contribution in [0.15, 0.2) is 4.99 Å². The van der Waals surface area contributed by atoms with Crippen molar-refractivity contribution in [2.75, 3.05) is 50.9 Å². The molecule has 138 valence electrons. The van der Waals surface area contributed by atoms with Gasteiger partial charge in [-0.25, -0.2) is 8.42 Å². The average molecular weight is 358 g/mol. The van der Waals surface area contributed by atoms with Gasteiger partial charge in [0.25, 0.3) is 0 Å². The maximum atomic E-state index is 11.6. The maximum Gasteiger partial charge on any atom is 0.193 e. The van der Waals surface area contributed by atoms with Crippen molar-refractivity contribution in [3.63, 3.8) is 0 Å². The molecule has 24 heavy (non-hydrogen) atoms. The highest BCUT2D eigenvalue weighted by molar-refractivity contribution is 7.91. The van der Waals surface area contributed by atoms with E-state index in [1.165, 1.54) is 19.3 Å². The molecule has 0 aliphatic carbocycles. The Labute approximate surface area is 146 Å². The zero-order valence-corrected chi connectivity index (χ0v) is 15.6. The Kier molecular flexibility index (Phi) is 5.70. The number of aliphatic imine (C=N–C) groups is 1. The molecule has 3 aliphatic heterocycles. The minimum atomic E-state index is -2.82. The predicted octanol–water partition coefficient (Wildman–Crippen LogP) is 1.28. The lowest BCUT2D eigenvalue weighted by Gasteiger charge is -2.45. The standard InChI is InChI=1S/C17H31N3O3S/c1-2-18-16(19-11-15-5-10-24(21,22)12-15)20-8-3-6-17(13-20)7-4-9-23-14-17/h15H,2-14H2,1H3,(H,18,19). The van der Waals surface area contributed by atoms with Gasteiger partial charge in [0.15, 0.2) is 15.8 Å². The summed E-state index contributed by atoms with van der Waals surface area (Å²) in [6, 6.07) is 0. The third-order valence-electron chi connectivity index (χ3n) is 5.53. The van der Waals surface area contributed by atoms with Gasteiger partial charge in [-0.15, -0.1) is 0 Å². The van der Waals surface area contributed by atoms with E-state index in [0.29, 0.717) is 18.1 Å². The topological polar surface area (TPSA) is 71.0 Å². The van der Waals surface area contributed by atoms with Gasteiger partial charge in [-0.05, 0) is 44.9 Å². The quantitative estimate of drug-likeness (QED) is 0.609. The molecule has 0 aromatic carbocycles. The number of ether oxygens (including phenoxy) is 1. The van der Waals surface area contributed by atoms with Crippen LogP contribution >= 0.6 is 0 Å². The second-order valence-corrected chi connectivity index (χ2v) is 9.87. The van der Waals surface area contributed by atoms with Gasteiger partial charge in [-0.2, -0.15) is 0 Å². The molecule has 2 unspecified atom stereocenters. The molecular weight excluding hydrogens is 326 g/mol. The Bertz CT molecular complexity index is 550. The van der Waals surface area contributed by atoms with Crippen molar-refractivity contribution in [1.29, 1.82) is 0 Å². The number of piperidine rings is 1. The lowest BCUT2D eigenvalue weighted by atomic mass is 9.76. The molecule has 0 bridgehead atoms. The zero-order valence-electron chi connectivity index (χ0n) is 14.8. The molecule has 1 spiro atoms. The van der Waals surface area contributed by atoms with Crippen molar-refractivity contribution >= 4 is 15.8 Å². The highest BCUT2D eigenvalue weighted by atomic mass is 32.2. The van der Waals surface area contributed by atoms with E-state index in [2.05, 4.69) is 17.1 Å². The van der Waals surface area contributed by atoms with E-state index < -0.39 is 9.84 Å². The van der Waals surface area contributed by atoms with E-state index in [1.54, 1.807) is 0 Å². The van der Waals surface area contributed by atoms with Crippen molar-refractivity contribution in [2.45, 2.75) is 39.0 Å². The van der Waals surface area contributed by atoms with Crippen LogP contribution in [0, 0.1) is 11.3 Å². The van der Waals surface area contributed by atoms with E-state index in [9.17, 15) is 8.42 Å². The largest absolute Gasteiger partial charge is 0.381 e. The Balaban J connectivity index is 1.64. The lowest BCUT2D eigenvalue weighted by Crippen LogP contribution is -2.53. The number of guanidine groups is 1. The first-order valence-electron chi connectivity index (χ1n) is 9.33. The summed E-state index contributed by atoms with van der Waals surface area (Å²) in [4.78, 5) is 7.16. The van der Waals surface area contributed by atoms with Crippen molar-refractivity contribution < 1.29 is 13.2 Å². The number of hydrogen-bond donors (Lipinski definition) is 1. The molecule has 0 amide bonds. The molecule has 0 saturated carbocycles. The van der Waals surface area contributed by atoms with Crippen LogP contribution in [-0.4, -0.2) is 70.2 Å². The van der Waals surface area contributed by atoms with Gasteiger partial charge >= 0.3 is 0 Å². The molecule has 3 heterocycles. The molecule has 1 N–H and O–H groups in total. The van der Waals surface area contributed by atoms with Crippen LogP contribution in [0.3, 0.4) is 0 Å². The van der Waals surface area contributed by atoms with Crippen LogP contribution in [0.25, 0.3) is 0 Å². The van der Waals surface area contributed by atoms with Crippen molar-refractivity contribution in [3.05, 3.63) is 0 Å². The Morgan fingerprint density at radius 1 is 1.38 bits per heavy atom. The molecule has 0 radical (unpaired) electrons. The SMILES string of the molecule is CCNC(=NCC1CCS(=O)(=O)C1)N1CCCC2(CCCOC2)C1. The number of nitrogens with one attached hydrogen (secondary N) is 1. The summed E-state index contributed by atoms with van der Waals surface area (Å²) >= 11 is 0. The van der Waals surface area contributed by atoms with Crippen LogP contribution in [0.5, 0.6) is 0 Å². The molecule has 0 aromatic rings. The molecule has 3 aliphatic rings. The summed E-state index contributed by atoms with van der Waals surface area (Å²) < 4.78 is 29.0. The zero-order chi connectivity index (χ0) is 17.0. The van der Waals surface area contributed by atoms with Gasteiger partial charge in [0.2, 0.25) is 0 Å². The average Bonchev–Trinajstić information content (AvgIpc) is 2.91. The van der Waals surface area contributed by atoms with E-state index in [4.69, 9.17) is 9.73 Å². The molecule has 7 heteroatoms. The normalized spacial score (nSPS) is 33.8. The Hall–Kier alpha value is -0.820. The third-order valence-corrected chi connectivity index (χ3v) is 7.36. The number of sulfone groups is 1. The van der Waals surface area contributed by atoms with Crippen LogP contribution in [0.1, 0.15) is 39.0 Å². The summed E-state index contributed by atoms with van der Waals surface area (Å²) in [5, 5.41) is 3.40. The molecular formula is C17H31N3O3S. The van der Waals surface area contributed by atoms with Crippen LogP contribution in [0.2, 0.25) is 0 Å². The molecule has 6 nitrogen and oxygen atoms in total. The monoisotopic (exact) mass is 357 g/mol. The van der Waals surface area contributed by atoms with Crippen LogP contribution in [-0.2, 0) is 14.6 Å². The number of hydrogen-bond acceptors (Lipinski definition) is 4. The van der Waals surface area contributed by atoms with Crippen molar-refractivity contribution in [2.24, 2.45) is 16.3 Å². The maximum absolute atomic E-state index is 11.6. The van der Waals surface area contributed by atoms with E-state index >= 15 is 0 Å². The number of rotatable bonds is 3. The second kappa shape index (κ2) is 7.60. The third kappa shape index (κ3) is 4.42. The van der Waals surface area contributed by atoms with Gasteiger partial charge in [-0.1, -0.05) is 0 Å². The summed E-state index contributed by atoms with van der Waals surface area (Å²) in [5.41, 5.74) is 0.281. The minimum absolute atomic E-state index is 0.181. The van der Waals surface area contributed by atoms with Crippen molar-refractivity contribution in [3.8, 4) is 0 Å². The second-order valence-electron chi connectivity index (χ2n) is 7.64. The number of likely N-dealkylation sites (tertiary alicyclic amines) is 1. The fourth-order valence-electron chi connectivity index (χ4n) is 4.28. The molecule has 2 atom stereocenters. The summed E-state index contributed by atoms with van der Waals surface area (Å²) in [6.45, 7) is 7.32. The summed E-state index contributed by atoms with van der Waals surface area (Å²) in [5.74, 6) is 1.76. The van der Waals surface area contributed by atoms with E-state index in [0.717, 1.165) is 51.6 Å². The highest BCUT2D eigenvalue weighted by Gasteiger charge is 2.38. The molecule has 3 saturated heterocycles. The fraction of sp³-hybridized carbons (Fsp3) is 0.941. The lowest BCUT2D eigenvalue weighted by molar-refractivity contribution is -0.0370. The first-order valence-corrected chi connectivity index (χ1v) is 11.2. The first-order chi connectivity index (χ1) is 11.5. The van der Waals surface area contributed by atoms with Crippen molar-refractivity contribution in [1.82, 2.24) is 10.2 Å². The van der Waals surface area contributed by atoms with Gasteiger partial charge in [-0.3, -0.25) is 4.99 Å². The van der Waals surface area contributed by atoms with Crippen LogP contribution in [0.4, 0.5) is 0 Å². The predicted molar refractivity (Wildman–Crippen MR) is 96.0 cm³/mol. The Morgan fingerprint density at radius 3 is 2.88 bits per heavy atom. The van der Waals surface area contributed by atoms with Gasteiger partial charge in [0.1, 0.15) is 0 Å². The smallest absolute Gasteiger partial charge is 0.193 e. The molecule has 0 aromatic heterocycles. The first kappa shape index (κ1) is 18.0. The number of nitrogens with zero attached hydrogens (tertiary/aromatic N) is 2. The summed E-state index contributed by atoms with van der Waals surface area (Å²) in [7, 11) is -2.82. The summed E-state index contributed by atoms with van der Waals surface area (Å²) in [6.07, 6.45) is 5.56. The highest BCUT2D eigenvalue weighted by Crippen LogP contribution is 2.37. The van der Waals surface area contributed by atoms with E-state index in [-0.39, 0.29) is 11.3 Å². The molecule has 3 fully saturated rings.